The van der Waals surface area contributed by atoms with Crippen LogP contribution in [-0.4, -0.2) is 0 Å². The first-order chi connectivity index (χ1) is 43.7. The lowest BCUT2D eigenvalue weighted by molar-refractivity contribution is 0.555. The maximum absolute atomic E-state index is 2.80. The van der Waals surface area contributed by atoms with Gasteiger partial charge in [0.2, 0.25) is 0 Å². The molecule has 442 valence electrons. The molecule has 0 N–H and O–H groups in total. The molecule has 5 aromatic rings. The van der Waals surface area contributed by atoms with E-state index in [1.54, 1.807) is 44.6 Å². The fourth-order valence-electron chi connectivity index (χ4n) is 20.7. The molecule has 7 unspecified atom stereocenters. The van der Waals surface area contributed by atoms with Crippen molar-refractivity contribution in [1.29, 1.82) is 0 Å². The first-order valence-corrected chi connectivity index (χ1v) is 34.2. The monoisotopic (exact) mass is 1160 g/mol. The molecular weight excluding hydrogens is 1080 g/mol. The van der Waals surface area contributed by atoms with Crippen molar-refractivity contribution in [2.24, 2.45) is 29.6 Å². The number of rotatable bonds is 5. The Labute approximate surface area is 535 Å². The predicted octanol–water partition coefficient (Wildman–Crippen LogP) is 22.8. The van der Waals surface area contributed by atoms with Crippen molar-refractivity contribution in [2.45, 2.75) is 135 Å². The minimum atomic E-state index is -0.0578. The van der Waals surface area contributed by atoms with Gasteiger partial charge in [-0.05, 0) is 233 Å². The Hall–Kier alpha value is -8.32. The fraction of sp³-hybridized carbons (Fsp3) is 0.289. The van der Waals surface area contributed by atoms with Crippen molar-refractivity contribution in [3.05, 3.63) is 340 Å². The molecule has 0 aliphatic heterocycles. The molecule has 90 heavy (non-hydrogen) atoms. The molecule has 0 heterocycles. The highest BCUT2D eigenvalue weighted by Gasteiger charge is 2.47. The lowest BCUT2D eigenvalue weighted by Crippen LogP contribution is -2.30. The van der Waals surface area contributed by atoms with Crippen molar-refractivity contribution in [3.63, 3.8) is 0 Å². The maximum Gasteiger partial charge on any atom is 0.0155 e. The quantitative estimate of drug-likeness (QED) is 0.165. The van der Waals surface area contributed by atoms with Crippen molar-refractivity contribution in [3.8, 4) is 0 Å². The SMILES string of the molecule is CC1=C(C2=CC3=C(CC2)c2ccccc2C3(C)C)C2C=CC=CC2C2=C1C(C1=CC3c4cccc(C5=CC6c7ccccc7C(C)=C(C7=CC8=C(CC7)c7ccccc7C8(C)C)C6C=C5)c4C(C)=C(C4=CC5=C(CC4)c4ccccc4C5(C)C)C3C=C1)CC=C2. The molecule has 13 aliphatic carbocycles. The van der Waals surface area contributed by atoms with Crippen LogP contribution >= 0.6 is 0 Å². The summed E-state index contributed by atoms with van der Waals surface area (Å²) in [6.07, 6.45) is 46.2. The Kier molecular flexibility index (Phi) is 11.9. The second-order valence-electron chi connectivity index (χ2n) is 30.2. The van der Waals surface area contributed by atoms with Crippen LogP contribution in [0.25, 0.3) is 33.4 Å². The average molecular weight is 1160 g/mol. The van der Waals surface area contributed by atoms with E-state index in [0.717, 1.165) is 44.9 Å². The summed E-state index contributed by atoms with van der Waals surface area (Å²) in [5.74, 6) is 1.80. The average Bonchev–Trinajstić information content (AvgIpc) is 1.05. The van der Waals surface area contributed by atoms with E-state index in [9.17, 15) is 0 Å². The molecule has 0 heteroatoms. The predicted molar refractivity (Wildman–Crippen MR) is 378 cm³/mol. The van der Waals surface area contributed by atoms with Crippen molar-refractivity contribution < 1.29 is 0 Å². The minimum Gasteiger partial charge on any atom is -0.0833 e. The Morgan fingerprint density at radius 1 is 0.367 bits per heavy atom. The molecule has 0 bridgehead atoms. The zero-order valence-electron chi connectivity index (χ0n) is 54.1. The minimum absolute atomic E-state index is 0.0189. The molecule has 0 amide bonds. The molecule has 13 aliphatic rings. The van der Waals surface area contributed by atoms with Gasteiger partial charge in [0.15, 0.2) is 0 Å². The van der Waals surface area contributed by atoms with E-state index < -0.39 is 0 Å². The molecule has 0 nitrogen and oxygen atoms in total. The van der Waals surface area contributed by atoms with Gasteiger partial charge in [0.25, 0.3) is 0 Å². The Balaban J connectivity index is 0.769. The number of hydrogen-bond donors (Lipinski definition) is 0. The highest BCUT2D eigenvalue weighted by molar-refractivity contribution is 5.93. The summed E-state index contributed by atoms with van der Waals surface area (Å²) in [5.41, 5.74) is 44.9. The van der Waals surface area contributed by atoms with Crippen LogP contribution in [0, 0.1) is 29.6 Å². The van der Waals surface area contributed by atoms with Crippen LogP contribution in [0.2, 0.25) is 0 Å². The van der Waals surface area contributed by atoms with Crippen molar-refractivity contribution in [2.75, 3.05) is 0 Å². The number of allylic oxidation sites excluding steroid dienone is 34. The van der Waals surface area contributed by atoms with Gasteiger partial charge in [-0.15, -0.1) is 0 Å². The molecule has 18 rings (SSSR count). The van der Waals surface area contributed by atoms with Crippen LogP contribution in [0.5, 0.6) is 0 Å². The summed E-state index contributed by atoms with van der Waals surface area (Å²) >= 11 is 0. The largest absolute Gasteiger partial charge is 0.0833 e. The molecule has 0 saturated heterocycles. The van der Waals surface area contributed by atoms with Gasteiger partial charge in [-0.1, -0.05) is 248 Å². The number of hydrogen-bond acceptors (Lipinski definition) is 0. The second kappa shape index (κ2) is 19.6. The molecule has 0 radical (unpaired) electrons. The third kappa shape index (κ3) is 7.55. The first-order valence-electron chi connectivity index (χ1n) is 34.2. The lowest BCUT2D eigenvalue weighted by Gasteiger charge is -2.43. The Morgan fingerprint density at radius 3 is 1.40 bits per heavy atom. The molecule has 0 fully saturated rings. The first kappa shape index (κ1) is 54.6. The molecular formula is C90H82. The Morgan fingerprint density at radius 2 is 0.822 bits per heavy atom. The summed E-state index contributed by atoms with van der Waals surface area (Å²) in [5, 5.41) is 0. The number of fused-ring (bicyclic) bond motifs is 14. The molecule has 0 spiro atoms. The van der Waals surface area contributed by atoms with E-state index in [0.29, 0.717) is 11.8 Å². The third-order valence-electron chi connectivity index (χ3n) is 24.9. The van der Waals surface area contributed by atoms with E-state index in [-0.39, 0.29) is 45.8 Å². The smallest absolute Gasteiger partial charge is 0.0155 e. The van der Waals surface area contributed by atoms with Crippen LogP contribution in [-0.2, 0) is 16.2 Å². The summed E-state index contributed by atoms with van der Waals surface area (Å²) in [6.45, 7) is 22.2. The Bertz CT molecular complexity index is 4730. The van der Waals surface area contributed by atoms with Crippen LogP contribution in [0.3, 0.4) is 0 Å². The van der Waals surface area contributed by atoms with Gasteiger partial charge in [0.05, 0.1) is 0 Å². The highest BCUT2D eigenvalue weighted by Crippen LogP contribution is 2.61. The van der Waals surface area contributed by atoms with E-state index in [2.05, 4.69) is 269 Å². The maximum atomic E-state index is 2.80. The van der Waals surface area contributed by atoms with Crippen molar-refractivity contribution >= 4 is 33.4 Å². The summed E-state index contributed by atoms with van der Waals surface area (Å²) < 4.78 is 0. The van der Waals surface area contributed by atoms with E-state index in [1.807, 2.05) is 0 Å². The van der Waals surface area contributed by atoms with Gasteiger partial charge in [-0.25, -0.2) is 0 Å². The zero-order valence-corrected chi connectivity index (χ0v) is 54.1. The third-order valence-corrected chi connectivity index (χ3v) is 24.9. The molecule has 7 atom stereocenters. The van der Waals surface area contributed by atoms with E-state index in [4.69, 9.17) is 0 Å². The van der Waals surface area contributed by atoms with Crippen LogP contribution < -0.4 is 0 Å². The van der Waals surface area contributed by atoms with Gasteiger partial charge in [-0.2, -0.15) is 0 Å². The molecule has 0 saturated carbocycles. The number of benzene rings is 5. The van der Waals surface area contributed by atoms with Gasteiger partial charge >= 0.3 is 0 Å². The zero-order chi connectivity index (χ0) is 60.9. The molecule has 5 aromatic carbocycles. The van der Waals surface area contributed by atoms with Gasteiger partial charge in [0.1, 0.15) is 0 Å². The highest BCUT2D eigenvalue weighted by atomic mass is 14.5. The summed E-state index contributed by atoms with van der Waals surface area (Å²) in [6, 6.07) is 44.5. The van der Waals surface area contributed by atoms with E-state index in [1.165, 1.54) is 123 Å². The van der Waals surface area contributed by atoms with Gasteiger partial charge in [-0.3, -0.25) is 0 Å². The lowest BCUT2D eigenvalue weighted by atomic mass is 9.60. The van der Waals surface area contributed by atoms with Crippen LogP contribution in [0.15, 0.2) is 279 Å². The van der Waals surface area contributed by atoms with Crippen LogP contribution in [0.4, 0.5) is 0 Å². The second-order valence-corrected chi connectivity index (χ2v) is 30.2. The topological polar surface area (TPSA) is 0 Å². The van der Waals surface area contributed by atoms with Gasteiger partial charge < -0.3 is 0 Å². The normalized spacial score (nSPS) is 27.9. The standard InChI is InChI=1S/C90H82/c1-51-59-22-10-11-23-62(59)75-46-54(36-44-73(75)83(51)56-38-41-67-64-25-14-17-33-77(64)88(4,5)80(67)48-56)61-30-21-32-72-76-47-55(37-45-74(76)85(53(3)87(61)72)58-40-43-69-66-27-16-19-35-79(66)90(8,9)82(69)50-58)60-29-20-31-71-63-24-12-13-28-70(63)84(52(2)86(60)71)57-39-42-68-65-26-15-18-34-78(65)89(6,7)81(68)49-57/h10-28,30-37,44-50,60,63,70,73-76H,29,38-43H2,1-9H3. The van der Waals surface area contributed by atoms with Crippen LogP contribution in [0.1, 0.15) is 180 Å². The van der Waals surface area contributed by atoms with Crippen molar-refractivity contribution in [1.82, 2.24) is 0 Å². The van der Waals surface area contributed by atoms with E-state index >= 15 is 0 Å². The summed E-state index contributed by atoms with van der Waals surface area (Å²) in [7, 11) is 0. The molecule has 0 aromatic heterocycles. The van der Waals surface area contributed by atoms with Gasteiger partial charge in [0, 0.05) is 57.7 Å². The summed E-state index contributed by atoms with van der Waals surface area (Å²) in [4.78, 5) is 0. The fourth-order valence-corrected chi connectivity index (χ4v) is 20.7.